The molecule has 3 aromatic heterocycles. The predicted octanol–water partition coefficient (Wildman–Crippen LogP) is 3.98. The lowest BCUT2D eigenvalue weighted by Gasteiger charge is -2.06. The summed E-state index contributed by atoms with van der Waals surface area (Å²) in [7, 11) is 1.87. The third kappa shape index (κ3) is 3.89. The van der Waals surface area contributed by atoms with Gasteiger partial charge in [-0.3, -0.25) is 4.79 Å². The fourth-order valence-corrected chi connectivity index (χ4v) is 3.75. The molecule has 0 fully saturated rings. The van der Waals surface area contributed by atoms with Gasteiger partial charge in [-0.2, -0.15) is 0 Å². The van der Waals surface area contributed by atoms with Crippen molar-refractivity contribution in [2.24, 2.45) is 7.05 Å². The number of nitrogens with zero attached hydrogens (tertiary/aromatic N) is 4. The normalized spacial score (nSPS) is 10.8. The van der Waals surface area contributed by atoms with Crippen molar-refractivity contribution in [1.29, 1.82) is 0 Å². The van der Waals surface area contributed by atoms with E-state index in [2.05, 4.69) is 20.5 Å². The van der Waals surface area contributed by atoms with Gasteiger partial charge in [0.2, 0.25) is 5.91 Å². The molecule has 0 bridgehead atoms. The van der Waals surface area contributed by atoms with Crippen LogP contribution in [0.15, 0.2) is 34.9 Å². The van der Waals surface area contributed by atoms with Crippen molar-refractivity contribution in [1.82, 2.24) is 19.7 Å². The van der Waals surface area contributed by atoms with E-state index in [0.29, 0.717) is 15.2 Å². The number of pyridine rings is 1. The largest absolute Gasteiger partial charge is 0.309 e. The van der Waals surface area contributed by atoms with E-state index >= 15 is 0 Å². The molecule has 0 spiro atoms. The number of carbonyl (C=O) groups excluding carboxylic acids is 1. The first-order chi connectivity index (χ1) is 11.5. The molecule has 3 rings (SSSR count). The van der Waals surface area contributed by atoms with Gasteiger partial charge in [-0.25, -0.2) is 4.98 Å². The number of thiophene rings is 1. The molecule has 6 nitrogen and oxygen atoms in total. The monoisotopic (exact) mass is 399 g/mol. The molecule has 0 atom stereocenters. The Kier molecular flexibility index (Phi) is 5.40. The van der Waals surface area contributed by atoms with Crippen LogP contribution in [0.1, 0.15) is 0 Å². The van der Waals surface area contributed by atoms with Crippen molar-refractivity contribution in [3.8, 4) is 10.7 Å². The van der Waals surface area contributed by atoms with Crippen LogP contribution in [0.5, 0.6) is 0 Å². The summed E-state index contributed by atoms with van der Waals surface area (Å²) in [4.78, 5) is 17.1. The maximum atomic E-state index is 12.1. The molecule has 1 amide bonds. The van der Waals surface area contributed by atoms with Gasteiger partial charge in [-0.05, 0) is 17.5 Å². The van der Waals surface area contributed by atoms with E-state index in [-0.39, 0.29) is 17.5 Å². The average molecular weight is 400 g/mol. The highest BCUT2D eigenvalue weighted by Crippen LogP contribution is 2.26. The van der Waals surface area contributed by atoms with E-state index < -0.39 is 0 Å². The number of halogens is 2. The number of thioether (sulfide) groups is 1. The summed E-state index contributed by atoms with van der Waals surface area (Å²) in [5.74, 6) is 0.980. The van der Waals surface area contributed by atoms with Crippen LogP contribution in [0.4, 0.5) is 5.82 Å². The summed E-state index contributed by atoms with van der Waals surface area (Å²) in [6.45, 7) is 0. The highest BCUT2D eigenvalue weighted by atomic mass is 35.5. The van der Waals surface area contributed by atoms with Crippen LogP contribution < -0.4 is 5.32 Å². The van der Waals surface area contributed by atoms with Crippen molar-refractivity contribution < 1.29 is 4.79 Å². The Hall–Kier alpha value is -1.61. The Morgan fingerprint density at radius 3 is 2.96 bits per heavy atom. The van der Waals surface area contributed by atoms with Crippen LogP contribution in [0.2, 0.25) is 10.0 Å². The second-order valence-corrected chi connectivity index (χ2v) is 7.40. The van der Waals surface area contributed by atoms with E-state index in [0.717, 1.165) is 10.7 Å². The van der Waals surface area contributed by atoms with Gasteiger partial charge in [0.05, 0.1) is 20.7 Å². The van der Waals surface area contributed by atoms with Gasteiger partial charge in [-0.1, -0.05) is 41.0 Å². The van der Waals surface area contributed by atoms with Crippen LogP contribution in [0.3, 0.4) is 0 Å². The van der Waals surface area contributed by atoms with E-state index in [1.165, 1.54) is 24.0 Å². The van der Waals surface area contributed by atoms with Crippen molar-refractivity contribution in [3.05, 3.63) is 39.8 Å². The minimum atomic E-state index is -0.239. The first kappa shape index (κ1) is 17.2. The SMILES string of the molecule is Cn1c(SCC(=O)Nc2ncc(Cl)cc2Cl)nnc1-c1cccs1. The molecule has 0 aliphatic heterocycles. The van der Waals surface area contributed by atoms with Crippen LogP contribution in [0.25, 0.3) is 10.7 Å². The Balaban J connectivity index is 1.62. The average Bonchev–Trinajstić information content (AvgIpc) is 3.18. The van der Waals surface area contributed by atoms with Gasteiger partial charge in [0.1, 0.15) is 0 Å². The van der Waals surface area contributed by atoms with Gasteiger partial charge in [0, 0.05) is 13.2 Å². The highest BCUT2D eigenvalue weighted by molar-refractivity contribution is 7.99. The number of hydrogen-bond donors (Lipinski definition) is 1. The lowest BCUT2D eigenvalue weighted by molar-refractivity contribution is -0.113. The molecular weight excluding hydrogens is 389 g/mol. The van der Waals surface area contributed by atoms with E-state index in [1.54, 1.807) is 11.3 Å². The fraction of sp³-hybridized carbons (Fsp3) is 0.143. The molecule has 0 radical (unpaired) electrons. The molecule has 0 aromatic carbocycles. The maximum absolute atomic E-state index is 12.1. The summed E-state index contributed by atoms with van der Waals surface area (Å²) in [6.07, 6.45) is 1.42. The van der Waals surface area contributed by atoms with E-state index in [1.807, 2.05) is 29.1 Å². The van der Waals surface area contributed by atoms with Gasteiger partial charge in [0.25, 0.3) is 0 Å². The number of nitrogens with one attached hydrogen (secondary N) is 1. The third-order valence-electron chi connectivity index (χ3n) is 2.97. The maximum Gasteiger partial charge on any atom is 0.236 e. The molecule has 3 aromatic rings. The Bertz CT molecular complexity index is 866. The molecule has 0 aliphatic carbocycles. The van der Waals surface area contributed by atoms with E-state index in [9.17, 15) is 4.79 Å². The molecular formula is C14H11Cl2N5OS2. The molecule has 1 N–H and O–H groups in total. The zero-order chi connectivity index (χ0) is 17.1. The predicted molar refractivity (Wildman–Crippen MR) is 97.9 cm³/mol. The quantitative estimate of drug-likeness (QED) is 0.656. The second-order valence-electron chi connectivity index (χ2n) is 4.66. The molecule has 0 saturated heterocycles. The topological polar surface area (TPSA) is 72.7 Å². The van der Waals surface area contributed by atoms with E-state index in [4.69, 9.17) is 23.2 Å². The number of aromatic nitrogens is 4. The van der Waals surface area contributed by atoms with Crippen LogP contribution >= 0.6 is 46.3 Å². The van der Waals surface area contributed by atoms with Crippen LogP contribution in [-0.2, 0) is 11.8 Å². The zero-order valence-corrected chi connectivity index (χ0v) is 15.5. The van der Waals surface area contributed by atoms with Crippen molar-refractivity contribution >= 4 is 58.0 Å². The van der Waals surface area contributed by atoms with Gasteiger partial charge >= 0.3 is 0 Å². The minimum absolute atomic E-state index is 0.164. The number of hydrogen-bond acceptors (Lipinski definition) is 6. The lowest BCUT2D eigenvalue weighted by atomic mass is 10.4. The summed E-state index contributed by atoms with van der Waals surface area (Å²) >= 11 is 14.6. The molecule has 10 heteroatoms. The summed E-state index contributed by atoms with van der Waals surface area (Å²) in [5.41, 5.74) is 0. The fourth-order valence-electron chi connectivity index (χ4n) is 1.87. The Labute approximate surface area is 156 Å². The van der Waals surface area contributed by atoms with Crippen molar-refractivity contribution in [2.45, 2.75) is 5.16 Å². The number of rotatable bonds is 5. The molecule has 0 saturated carbocycles. The molecule has 0 aliphatic rings. The first-order valence-electron chi connectivity index (χ1n) is 6.71. The lowest BCUT2D eigenvalue weighted by Crippen LogP contribution is -2.15. The highest BCUT2D eigenvalue weighted by Gasteiger charge is 2.14. The molecule has 124 valence electrons. The zero-order valence-electron chi connectivity index (χ0n) is 12.4. The molecule has 0 unspecified atom stereocenters. The number of amides is 1. The van der Waals surface area contributed by atoms with Crippen molar-refractivity contribution in [3.63, 3.8) is 0 Å². The van der Waals surface area contributed by atoms with Crippen molar-refractivity contribution in [2.75, 3.05) is 11.1 Å². The second kappa shape index (κ2) is 7.52. The molecule has 3 heterocycles. The van der Waals surface area contributed by atoms with Crippen LogP contribution in [-0.4, -0.2) is 31.4 Å². The summed E-state index contributed by atoms with van der Waals surface area (Å²) < 4.78 is 1.86. The van der Waals surface area contributed by atoms with Crippen LogP contribution in [0, 0.1) is 0 Å². The smallest absolute Gasteiger partial charge is 0.236 e. The first-order valence-corrected chi connectivity index (χ1v) is 9.33. The number of anilines is 1. The summed E-state index contributed by atoms with van der Waals surface area (Å²) in [6, 6.07) is 5.46. The molecule has 24 heavy (non-hydrogen) atoms. The minimum Gasteiger partial charge on any atom is -0.309 e. The Morgan fingerprint density at radius 1 is 1.42 bits per heavy atom. The standard InChI is InChI=1S/C14H11Cl2N5OS2/c1-21-13(10-3-2-4-23-10)19-20-14(21)24-7-11(22)18-12-9(16)5-8(15)6-17-12/h2-6H,7H2,1H3,(H,17,18,22). The summed E-state index contributed by atoms with van der Waals surface area (Å²) in [5, 5.41) is 14.3. The Morgan fingerprint density at radius 2 is 2.25 bits per heavy atom. The van der Waals surface area contributed by atoms with Gasteiger partial charge < -0.3 is 9.88 Å². The third-order valence-corrected chi connectivity index (χ3v) is 5.36. The van der Waals surface area contributed by atoms with Gasteiger partial charge in [-0.15, -0.1) is 21.5 Å². The number of carbonyl (C=O) groups is 1. The van der Waals surface area contributed by atoms with Gasteiger partial charge in [0.15, 0.2) is 16.8 Å².